The molecule has 0 atom stereocenters. The molecule has 0 aliphatic carbocycles. The third kappa shape index (κ3) is 6.54. The van der Waals surface area contributed by atoms with Crippen LogP contribution in [0.2, 0.25) is 0 Å². The summed E-state index contributed by atoms with van der Waals surface area (Å²) in [6, 6.07) is 22.7. The Hall–Kier alpha value is -3.93. The summed E-state index contributed by atoms with van der Waals surface area (Å²) in [5.74, 6) is -0.213. The van der Waals surface area contributed by atoms with Crippen LogP contribution in [0.15, 0.2) is 78.9 Å². The van der Waals surface area contributed by atoms with Gasteiger partial charge in [0.25, 0.3) is 5.91 Å². The van der Waals surface area contributed by atoms with Gasteiger partial charge in [0, 0.05) is 24.2 Å². The van der Waals surface area contributed by atoms with E-state index in [-0.39, 0.29) is 37.1 Å². The van der Waals surface area contributed by atoms with Crippen molar-refractivity contribution in [1.29, 1.82) is 0 Å². The van der Waals surface area contributed by atoms with Crippen molar-refractivity contribution >= 4 is 23.5 Å². The van der Waals surface area contributed by atoms with Gasteiger partial charge in [-0.15, -0.1) is 0 Å². The highest BCUT2D eigenvalue weighted by atomic mass is 19.1. The van der Waals surface area contributed by atoms with E-state index in [1.165, 1.54) is 12.1 Å². The van der Waals surface area contributed by atoms with E-state index >= 15 is 0 Å². The fourth-order valence-electron chi connectivity index (χ4n) is 3.21. The molecule has 2 N–H and O–H groups in total. The minimum absolute atomic E-state index is 0.0781. The summed E-state index contributed by atoms with van der Waals surface area (Å²) in [5.41, 5.74) is 2.64. The molecule has 0 saturated carbocycles. The molecule has 0 aliphatic rings. The molecule has 3 aromatic carbocycles. The SMILES string of the molecule is COc1ccccc1/C=C(/C(=O)NCCNC(=O)Cc1cccc(F)c1)c1ccccc1. The first-order chi connectivity index (χ1) is 15.6. The van der Waals surface area contributed by atoms with Gasteiger partial charge < -0.3 is 15.4 Å². The first kappa shape index (κ1) is 22.7. The lowest BCUT2D eigenvalue weighted by Gasteiger charge is -2.12. The quantitative estimate of drug-likeness (QED) is 0.307. The number of amides is 2. The maximum absolute atomic E-state index is 13.2. The number of carbonyl (C=O) groups excluding carboxylic acids is 2. The molecular weight excluding hydrogens is 407 g/mol. The second-order valence-electron chi connectivity index (χ2n) is 7.08. The lowest BCUT2D eigenvalue weighted by atomic mass is 10.0. The highest BCUT2D eigenvalue weighted by Crippen LogP contribution is 2.24. The third-order valence-corrected chi connectivity index (χ3v) is 4.75. The maximum atomic E-state index is 13.2. The predicted molar refractivity (Wildman–Crippen MR) is 123 cm³/mol. The van der Waals surface area contributed by atoms with Crippen LogP contribution in [-0.4, -0.2) is 32.0 Å². The molecule has 3 aromatic rings. The van der Waals surface area contributed by atoms with Crippen LogP contribution in [0.4, 0.5) is 4.39 Å². The Morgan fingerprint density at radius 3 is 2.38 bits per heavy atom. The summed E-state index contributed by atoms with van der Waals surface area (Å²) < 4.78 is 18.6. The number of hydrogen-bond donors (Lipinski definition) is 2. The van der Waals surface area contributed by atoms with Crippen molar-refractivity contribution in [3.05, 3.63) is 101 Å². The van der Waals surface area contributed by atoms with E-state index in [1.807, 2.05) is 54.6 Å². The largest absolute Gasteiger partial charge is 0.496 e. The molecule has 0 aromatic heterocycles. The Balaban J connectivity index is 1.62. The molecule has 3 rings (SSSR count). The van der Waals surface area contributed by atoms with Crippen LogP contribution in [0.25, 0.3) is 11.6 Å². The van der Waals surface area contributed by atoms with Gasteiger partial charge >= 0.3 is 0 Å². The van der Waals surface area contributed by atoms with Crippen LogP contribution in [0.3, 0.4) is 0 Å². The second-order valence-corrected chi connectivity index (χ2v) is 7.08. The zero-order valence-electron chi connectivity index (χ0n) is 17.8. The second kappa shape index (κ2) is 11.5. The summed E-state index contributed by atoms with van der Waals surface area (Å²) in [4.78, 5) is 25.0. The molecule has 0 fully saturated rings. The summed E-state index contributed by atoms with van der Waals surface area (Å²) in [5, 5.41) is 5.58. The topological polar surface area (TPSA) is 67.4 Å². The number of hydrogen-bond acceptors (Lipinski definition) is 3. The van der Waals surface area contributed by atoms with Crippen molar-refractivity contribution in [3.8, 4) is 5.75 Å². The Morgan fingerprint density at radius 1 is 0.906 bits per heavy atom. The number of para-hydroxylation sites is 1. The van der Waals surface area contributed by atoms with Gasteiger partial charge in [0.05, 0.1) is 13.5 Å². The molecule has 0 bridgehead atoms. The highest BCUT2D eigenvalue weighted by Gasteiger charge is 2.13. The molecule has 32 heavy (non-hydrogen) atoms. The third-order valence-electron chi connectivity index (χ3n) is 4.75. The van der Waals surface area contributed by atoms with Crippen LogP contribution in [0, 0.1) is 5.82 Å². The van der Waals surface area contributed by atoms with Gasteiger partial charge in [-0.2, -0.15) is 0 Å². The van der Waals surface area contributed by atoms with Crippen molar-refractivity contribution in [2.24, 2.45) is 0 Å². The highest BCUT2D eigenvalue weighted by molar-refractivity contribution is 6.24. The van der Waals surface area contributed by atoms with E-state index in [0.29, 0.717) is 16.9 Å². The van der Waals surface area contributed by atoms with Gasteiger partial charge in [0.2, 0.25) is 5.91 Å². The molecule has 0 aliphatic heterocycles. The van der Waals surface area contributed by atoms with E-state index in [1.54, 1.807) is 25.3 Å². The van der Waals surface area contributed by atoms with Crippen LogP contribution in [-0.2, 0) is 16.0 Å². The first-order valence-corrected chi connectivity index (χ1v) is 10.3. The van der Waals surface area contributed by atoms with Crippen molar-refractivity contribution < 1.29 is 18.7 Å². The summed E-state index contributed by atoms with van der Waals surface area (Å²) in [6.45, 7) is 0.514. The molecule has 0 heterocycles. The van der Waals surface area contributed by atoms with E-state index in [0.717, 1.165) is 11.1 Å². The molecule has 0 radical (unpaired) electrons. The molecule has 5 nitrogen and oxygen atoms in total. The van der Waals surface area contributed by atoms with E-state index in [2.05, 4.69) is 10.6 Å². The lowest BCUT2D eigenvalue weighted by Crippen LogP contribution is -2.35. The van der Waals surface area contributed by atoms with Gasteiger partial charge in [0.1, 0.15) is 11.6 Å². The fraction of sp³-hybridized carbons (Fsp3) is 0.154. The normalized spacial score (nSPS) is 11.0. The molecule has 0 spiro atoms. The Labute approximate surface area is 186 Å². The predicted octanol–water partition coefficient (Wildman–Crippen LogP) is 3.85. The minimum Gasteiger partial charge on any atom is -0.496 e. The summed E-state index contributed by atoms with van der Waals surface area (Å²) in [7, 11) is 1.58. The average molecular weight is 432 g/mol. The van der Waals surface area contributed by atoms with Crippen LogP contribution < -0.4 is 15.4 Å². The molecule has 0 unspecified atom stereocenters. The van der Waals surface area contributed by atoms with E-state index < -0.39 is 0 Å². The average Bonchev–Trinajstić information content (AvgIpc) is 2.81. The van der Waals surface area contributed by atoms with E-state index in [9.17, 15) is 14.0 Å². The van der Waals surface area contributed by atoms with Crippen LogP contribution in [0.1, 0.15) is 16.7 Å². The number of halogens is 1. The van der Waals surface area contributed by atoms with Gasteiger partial charge in [-0.05, 0) is 35.4 Å². The monoisotopic (exact) mass is 432 g/mol. The maximum Gasteiger partial charge on any atom is 0.251 e. The molecule has 6 heteroatoms. The smallest absolute Gasteiger partial charge is 0.251 e. The fourth-order valence-corrected chi connectivity index (χ4v) is 3.21. The van der Waals surface area contributed by atoms with Crippen molar-refractivity contribution in [1.82, 2.24) is 10.6 Å². The standard InChI is InChI=1S/C26H25FN2O3/c1-32-24-13-6-5-11-21(24)18-23(20-9-3-2-4-10-20)26(31)29-15-14-28-25(30)17-19-8-7-12-22(27)16-19/h2-13,16,18H,14-15,17H2,1H3,(H,28,30)(H,29,31)/b23-18+. The first-order valence-electron chi connectivity index (χ1n) is 10.3. The molecular formula is C26H25FN2O3. The number of ether oxygens (including phenoxy) is 1. The Bertz CT molecular complexity index is 1100. The van der Waals surface area contributed by atoms with E-state index in [4.69, 9.17) is 4.74 Å². The number of benzene rings is 3. The zero-order chi connectivity index (χ0) is 22.8. The number of nitrogens with one attached hydrogen (secondary N) is 2. The van der Waals surface area contributed by atoms with Gasteiger partial charge in [-0.25, -0.2) is 4.39 Å². The van der Waals surface area contributed by atoms with Crippen LogP contribution in [0.5, 0.6) is 5.75 Å². The zero-order valence-corrected chi connectivity index (χ0v) is 17.8. The minimum atomic E-state index is -0.377. The van der Waals surface area contributed by atoms with Crippen molar-refractivity contribution in [3.63, 3.8) is 0 Å². The van der Waals surface area contributed by atoms with Crippen LogP contribution >= 0.6 is 0 Å². The van der Waals surface area contributed by atoms with Gasteiger partial charge in [-0.3, -0.25) is 9.59 Å². The van der Waals surface area contributed by atoms with Gasteiger partial charge in [0.15, 0.2) is 0 Å². The Morgan fingerprint density at radius 2 is 1.62 bits per heavy atom. The van der Waals surface area contributed by atoms with Gasteiger partial charge in [-0.1, -0.05) is 60.7 Å². The molecule has 164 valence electrons. The summed E-state index contributed by atoms with van der Waals surface area (Å²) >= 11 is 0. The number of rotatable bonds is 9. The number of methoxy groups -OCH3 is 1. The van der Waals surface area contributed by atoms with Crippen molar-refractivity contribution in [2.75, 3.05) is 20.2 Å². The summed E-state index contributed by atoms with van der Waals surface area (Å²) in [6.07, 6.45) is 1.86. The molecule has 2 amide bonds. The number of carbonyl (C=O) groups is 2. The lowest BCUT2D eigenvalue weighted by molar-refractivity contribution is -0.121. The molecule has 0 saturated heterocycles. The Kier molecular flexibility index (Phi) is 8.15. The van der Waals surface area contributed by atoms with Crippen molar-refractivity contribution in [2.45, 2.75) is 6.42 Å².